The molecule has 2 fully saturated rings. The lowest BCUT2D eigenvalue weighted by molar-refractivity contribution is -0.133. The molecule has 1 saturated heterocycles. The lowest BCUT2D eigenvalue weighted by Gasteiger charge is -2.32. The highest BCUT2D eigenvalue weighted by atomic mass is 16.5. The molecule has 8 heteroatoms. The molecule has 0 N–H and O–H groups in total. The largest absolute Gasteiger partial charge is 0.341 e. The third-order valence-corrected chi connectivity index (χ3v) is 5.58. The van der Waals surface area contributed by atoms with E-state index in [1.165, 1.54) is 10.9 Å². The van der Waals surface area contributed by atoms with Gasteiger partial charge < -0.3 is 9.42 Å². The van der Waals surface area contributed by atoms with E-state index < -0.39 is 0 Å². The number of hydrogen-bond acceptors (Lipinski definition) is 6. The Balaban J connectivity index is 1.37. The Labute approximate surface area is 157 Å². The van der Waals surface area contributed by atoms with Crippen molar-refractivity contribution in [2.24, 2.45) is 5.92 Å². The first kappa shape index (κ1) is 17.9. The van der Waals surface area contributed by atoms with Gasteiger partial charge in [-0.15, -0.1) is 0 Å². The second kappa shape index (κ2) is 7.25. The van der Waals surface area contributed by atoms with Crippen LogP contribution in [0.15, 0.2) is 15.6 Å². The summed E-state index contributed by atoms with van der Waals surface area (Å²) in [6, 6.07) is 0. The SMILES string of the molecule is Cc1ncn(CC(=O)N2CCCC(Cc3nc(C4CC4)no3)C2)c(=O)c1C. The molecule has 3 heterocycles. The zero-order valence-corrected chi connectivity index (χ0v) is 15.8. The van der Waals surface area contributed by atoms with Gasteiger partial charge in [-0.3, -0.25) is 14.2 Å². The topological polar surface area (TPSA) is 94.1 Å². The number of piperidine rings is 1. The fourth-order valence-corrected chi connectivity index (χ4v) is 3.60. The van der Waals surface area contributed by atoms with Gasteiger partial charge in [0, 0.05) is 36.7 Å². The molecule has 1 saturated carbocycles. The van der Waals surface area contributed by atoms with Gasteiger partial charge in [0.25, 0.3) is 5.56 Å². The van der Waals surface area contributed by atoms with E-state index in [1.807, 2.05) is 4.90 Å². The summed E-state index contributed by atoms with van der Waals surface area (Å²) < 4.78 is 6.78. The van der Waals surface area contributed by atoms with Crippen LogP contribution in [-0.4, -0.2) is 43.6 Å². The van der Waals surface area contributed by atoms with E-state index in [4.69, 9.17) is 4.52 Å². The van der Waals surface area contributed by atoms with E-state index in [2.05, 4.69) is 15.1 Å². The van der Waals surface area contributed by atoms with Crippen LogP contribution in [0.2, 0.25) is 0 Å². The number of hydrogen-bond donors (Lipinski definition) is 0. The quantitative estimate of drug-likeness (QED) is 0.792. The summed E-state index contributed by atoms with van der Waals surface area (Å²) in [5.74, 6) is 2.25. The summed E-state index contributed by atoms with van der Waals surface area (Å²) in [6.07, 6.45) is 6.45. The number of amides is 1. The first-order chi connectivity index (χ1) is 13.0. The van der Waals surface area contributed by atoms with Crippen molar-refractivity contribution < 1.29 is 9.32 Å². The second-order valence-electron chi connectivity index (χ2n) is 7.76. The Kier molecular flexibility index (Phi) is 4.80. The third kappa shape index (κ3) is 3.94. The molecule has 0 bridgehead atoms. The Hall–Kier alpha value is -2.51. The van der Waals surface area contributed by atoms with Gasteiger partial charge in [0.15, 0.2) is 5.82 Å². The van der Waals surface area contributed by atoms with Crippen LogP contribution in [0.3, 0.4) is 0 Å². The fourth-order valence-electron chi connectivity index (χ4n) is 3.60. The molecular formula is C19H25N5O3. The van der Waals surface area contributed by atoms with Crippen molar-refractivity contribution in [3.63, 3.8) is 0 Å². The lowest BCUT2D eigenvalue weighted by Crippen LogP contribution is -2.43. The molecule has 2 aliphatic rings. The number of aromatic nitrogens is 4. The van der Waals surface area contributed by atoms with Crippen LogP contribution in [0.1, 0.15) is 54.6 Å². The van der Waals surface area contributed by atoms with Gasteiger partial charge >= 0.3 is 0 Å². The van der Waals surface area contributed by atoms with Gasteiger partial charge in [0.05, 0.1) is 6.33 Å². The molecule has 1 amide bonds. The van der Waals surface area contributed by atoms with Crippen LogP contribution >= 0.6 is 0 Å². The molecule has 0 spiro atoms. The molecule has 2 aromatic rings. The highest BCUT2D eigenvalue weighted by Gasteiger charge is 2.30. The zero-order valence-electron chi connectivity index (χ0n) is 15.8. The van der Waals surface area contributed by atoms with Crippen LogP contribution in [0, 0.1) is 19.8 Å². The maximum absolute atomic E-state index is 12.7. The molecule has 1 aliphatic heterocycles. The first-order valence-corrected chi connectivity index (χ1v) is 9.64. The molecule has 8 nitrogen and oxygen atoms in total. The highest BCUT2D eigenvalue weighted by Crippen LogP contribution is 2.38. The normalized spacial score (nSPS) is 20.1. The number of rotatable bonds is 5. The van der Waals surface area contributed by atoms with Crippen molar-refractivity contribution in [2.75, 3.05) is 13.1 Å². The molecule has 0 aromatic carbocycles. The van der Waals surface area contributed by atoms with Crippen molar-refractivity contribution >= 4 is 5.91 Å². The summed E-state index contributed by atoms with van der Waals surface area (Å²) in [6.45, 7) is 4.95. The van der Waals surface area contributed by atoms with E-state index in [-0.39, 0.29) is 18.0 Å². The smallest absolute Gasteiger partial charge is 0.256 e. The van der Waals surface area contributed by atoms with Crippen LogP contribution in [0.4, 0.5) is 0 Å². The van der Waals surface area contributed by atoms with Crippen molar-refractivity contribution in [3.05, 3.63) is 39.7 Å². The van der Waals surface area contributed by atoms with E-state index in [9.17, 15) is 9.59 Å². The summed E-state index contributed by atoms with van der Waals surface area (Å²) in [7, 11) is 0. The lowest BCUT2D eigenvalue weighted by atomic mass is 9.94. The van der Waals surface area contributed by atoms with Gasteiger partial charge in [-0.05, 0) is 45.4 Å². The van der Waals surface area contributed by atoms with Crippen molar-refractivity contribution in [1.82, 2.24) is 24.6 Å². The Bertz CT molecular complexity index is 899. The molecule has 27 heavy (non-hydrogen) atoms. The fraction of sp³-hybridized carbons (Fsp3) is 0.632. The Morgan fingerprint density at radius 3 is 2.89 bits per heavy atom. The van der Waals surface area contributed by atoms with E-state index in [0.717, 1.165) is 38.1 Å². The predicted molar refractivity (Wildman–Crippen MR) is 97.3 cm³/mol. The number of carbonyl (C=O) groups excluding carboxylic acids is 1. The van der Waals surface area contributed by atoms with E-state index >= 15 is 0 Å². The van der Waals surface area contributed by atoms with E-state index in [0.29, 0.717) is 41.9 Å². The minimum atomic E-state index is -0.150. The van der Waals surface area contributed by atoms with Crippen LogP contribution in [0.25, 0.3) is 0 Å². The maximum Gasteiger partial charge on any atom is 0.256 e. The Morgan fingerprint density at radius 2 is 2.11 bits per heavy atom. The predicted octanol–water partition coefficient (Wildman–Crippen LogP) is 1.60. The number of carbonyl (C=O) groups is 1. The van der Waals surface area contributed by atoms with Gasteiger partial charge in [-0.25, -0.2) is 4.98 Å². The highest BCUT2D eigenvalue weighted by molar-refractivity contribution is 5.76. The van der Waals surface area contributed by atoms with Gasteiger partial charge in [-0.2, -0.15) is 4.98 Å². The molecule has 1 atom stereocenters. The maximum atomic E-state index is 12.7. The summed E-state index contributed by atoms with van der Waals surface area (Å²) in [4.78, 5) is 35.5. The molecule has 144 valence electrons. The summed E-state index contributed by atoms with van der Waals surface area (Å²) >= 11 is 0. The van der Waals surface area contributed by atoms with Gasteiger partial charge in [0.2, 0.25) is 11.8 Å². The minimum absolute atomic E-state index is 0.0338. The van der Waals surface area contributed by atoms with Crippen LogP contribution < -0.4 is 5.56 Å². The van der Waals surface area contributed by atoms with Gasteiger partial charge in [-0.1, -0.05) is 5.16 Å². The molecular weight excluding hydrogens is 346 g/mol. The van der Waals surface area contributed by atoms with Crippen molar-refractivity contribution in [2.45, 2.75) is 58.4 Å². The third-order valence-electron chi connectivity index (χ3n) is 5.58. The second-order valence-corrected chi connectivity index (χ2v) is 7.76. The average molecular weight is 371 g/mol. The van der Waals surface area contributed by atoms with Crippen molar-refractivity contribution in [3.8, 4) is 0 Å². The Morgan fingerprint density at radius 1 is 1.30 bits per heavy atom. The minimum Gasteiger partial charge on any atom is -0.341 e. The van der Waals surface area contributed by atoms with Crippen LogP contribution in [-0.2, 0) is 17.8 Å². The molecule has 4 rings (SSSR count). The molecule has 1 aliphatic carbocycles. The number of likely N-dealkylation sites (tertiary alicyclic amines) is 1. The standard InChI is InChI=1S/C19H25N5O3/c1-12-13(2)20-11-24(19(12)26)10-17(25)23-7-3-4-14(9-23)8-16-21-18(22-27-16)15-5-6-15/h11,14-15H,3-10H2,1-2H3. The summed E-state index contributed by atoms with van der Waals surface area (Å²) in [5.41, 5.74) is 1.14. The number of aryl methyl sites for hydroxylation is 1. The average Bonchev–Trinajstić information content (AvgIpc) is 3.42. The van der Waals surface area contributed by atoms with Crippen molar-refractivity contribution in [1.29, 1.82) is 0 Å². The van der Waals surface area contributed by atoms with E-state index in [1.54, 1.807) is 13.8 Å². The number of nitrogens with zero attached hydrogens (tertiary/aromatic N) is 5. The summed E-state index contributed by atoms with van der Waals surface area (Å²) in [5, 5.41) is 4.07. The molecule has 0 radical (unpaired) electrons. The molecule has 1 unspecified atom stereocenters. The molecule has 2 aromatic heterocycles. The zero-order chi connectivity index (χ0) is 19.0. The van der Waals surface area contributed by atoms with Crippen LogP contribution in [0.5, 0.6) is 0 Å². The first-order valence-electron chi connectivity index (χ1n) is 9.64. The monoisotopic (exact) mass is 371 g/mol. The van der Waals surface area contributed by atoms with Gasteiger partial charge in [0.1, 0.15) is 6.54 Å².